The maximum absolute atomic E-state index is 12.2. The van der Waals surface area contributed by atoms with Gasteiger partial charge in [0.1, 0.15) is 6.07 Å². The Morgan fingerprint density at radius 3 is 2.64 bits per heavy atom. The first-order chi connectivity index (χ1) is 11.9. The number of nitrogens with one attached hydrogen (secondary N) is 1. The third kappa shape index (κ3) is 5.75. The molecule has 0 aromatic heterocycles. The zero-order chi connectivity index (χ0) is 18.4. The first-order valence-corrected chi connectivity index (χ1v) is 9.16. The van der Waals surface area contributed by atoms with E-state index < -0.39 is 0 Å². The molecule has 0 spiro atoms. The molecule has 2 rings (SSSR count). The number of nitriles is 1. The normalized spacial score (nSPS) is 16.6. The van der Waals surface area contributed by atoms with Crippen molar-refractivity contribution in [1.29, 1.82) is 5.26 Å². The summed E-state index contributed by atoms with van der Waals surface area (Å²) < 4.78 is 0. The Kier molecular flexibility index (Phi) is 6.83. The van der Waals surface area contributed by atoms with Crippen molar-refractivity contribution in [2.24, 2.45) is 11.8 Å². The van der Waals surface area contributed by atoms with Crippen molar-refractivity contribution in [2.45, 2.75) is 52.6 Å². The number of anilines is 2. The summed E-state index contributed by atoms with van der Waals surface area (Å²) in [5.74, 6) is 0.913. The molecule has 25 heavy (non-hydrogen) atoms. The minimum absolute atomic E-state index is 0.00844. The van der Waals surface area contributed by atoms with Crippen molar-refractivity contribution in [3.63, 3.8) is 0 Å². The van der Waals surface area contributed by atoms with Crippen LogP contribution in [0.25, 0.3) is 0 Å². The number of hydrogen-bond acceptors (Lipinski definition) is 4. The second-order valence-electron chi connectivity index (χ2n) is 7.55. The number of hydrogen-bond donors (Lipinski definition) is 2. The van der Waals surface area contributed by atoms with Crippen LogP contribution in [0.3, 0.4) is 0 Å². The van der Waals surface area contributed by atoms with Crippen LogP contribution in [0.2, 0.25) is 0 Å². The van der Waals surface area contributed by atoms with Crippen LogP contribution in [-0.2, 0) is 4.79 Å². The van der Waals surface area contributed by atoms with E-state index in [-0.39, 0.29) is 12.0 Å². The van der Waals surface area contributed by atoms with E-state index in [1.165, 1.54) is 0 Å². The lowest BCUT2D eigenvalue weighted by molar-refractivity contribution is -0.117. The van der Waals surface area contributed by atoms with E-state index in [9.17, 15) is 15.2 Å². The monoisotopic (exact) mass is 343 g/mol. The van der Waals surface area contributed by atoms with Gasteiger partial charge in [-0.15, -0.1) is 0 Å². The molecule has 0 radical (unpaired) electrons. The molecule has 1 unspecified atom stereocenters. The Labute approximate surface area is 150 Å². The Balaban J connectivity index is 2.01. The van der Waals surface area contributed by atoms with Crippen LogP contribution in [0.5, 0.6) is 0 Å². The highest BCUT2D eigenvalue weighted by atomic mass is 16.3. The average molecular weight is 343 g/mol. The summed E-state index contributed by atoms with van der Waals surface area (Å²) in [6, 6.07) is 7.72. The van der Waals surface area contributed by atoms with E-state index in [1.54, 1.807) is 6.07 Å². The summed E-state index contributed by atoms with van der Waals surface area (Å²) >= 11 is 0. The highest BCUT2D eigenvalue weighted by Gasteiger charge is 2.20. The molecule has 1 fully saturated rings. The minimum Gasteiger partial charge on any atom is -0.393 e. The molecular weight excluding hydrogens is 314 g/mol. The number of aliphatic hydroxyl groups is 1. The lowest BCUT2D eigenvalue weighted by Gasteiger charge is -2.32. The molecule has 0 aliphatic carbocycles. The van der Waals surface area contributed by atoms with Crippen LogP contribution >= 0.6 is 0 Å². The van der Waals surface area contributed by atoms with Crippen LogP contribution < -0.4 is 10.2 Å². The van der Waals surface area contributed by atoms with Gasteiger partial charge < -0.3 is 15.3 Å². The predicted octanol–water partition coefficient (Wildman–Crippen LogP) is 3.53. The van der Waals surface area contributed by atoms with Crippen LogP contribution in [0.1, 0.15) is 52.0 Å². The zero-order valence-corrected chi connectivity index (χ0v) is 15.5. The van der Waals surface area contributed by atoms with Crippen molar-refractivity contribution in [1.82, 2.24) is 0 Å². The molecule has 1 heterocycles. The number of aliphatic hydroxyl groups excluding tert-OH is 1. The lowest BCUT2D eigenvalue weighted by Crippen LogP contribution is -2.36. The quantitative estimate of drug-likeness (QED) is 0.828. The topological polar surface area (TPSA) is 76.4 Å². The molecule has 5 heteroatoms. The lowest BCUT2D eigenvalue weighted by atomic mass is 9.96. The summed E-state index contributed by atoms with van der Waals surface area (Å²) in [5, 5.41) is 22.0. The second kappa shape index (κ2) is 8.87. The van der Waals surface area contributed by atoms with Gasteiger partial charge in [0.25, 0.3) is 0 Å². The van der Waals surface area contributed by atoms with Crippen molar-refractivity contribution in [3.8, 4) is 6.07 Å². The predicted molar refractivity (Wildman–Crippen MR) is 100 cm³/mol. The number of carbonyl (C=O) groups excluding carboxylic acids is 1. The Hall–Kier alpha value is -2.06. The van der Waals surface area contributed by atoms with Crippen molar-refractivity contribution < 1.29 is 9.90 Å². The van der Waals surface area contributed by atoms with E-state index in [4.69, 9.17) is 0 Å². The fraction of sp³-hybridized carbons (Fsp3) is 0.600. The maximum atomic E-state index is 12.2. The minimum atomic E-state index is -0.242. The third-order valence-corrected chi connectivity index (χ3v) is 4.61. The highest BCUT2D eigenvalue weighted by molar-refractivity contribution is 5.91. The van der Waals surface area contributed by atoms with E-state index in [0.29, 0.717) is 29.5 Å². The molecule has 1 aromatic carbocycles. The number of benzene rings is 1. The molecular formula is C20H29N3O2. The summed E-state index contributed by atoms with van der Waals surface area (Å²) in [7, 11) is 0. The summed E-state index contributed by atoms with van der Waals surface area (Å²) in [6.45, 7) is 7.90. The summed E-state index contributed by atoms with van der Waals surface area (Å²) in [6.07, 6.45) is 2.71. The first-order valence-electron chi connectivity index (χ1n) is 9.16. The molecule has 136 valence electrons. The number of rotatable bonds is 6. The van der Waals surface area contributed by atoms with Crippen molar-refractivity contribution in [2.75, 3.05) is 23.3 Å². The van der Waals surface area contributed by atoms with Gasteiger partial charge in [0.2, 0.25) is 5.91 Å². The Morgan fingerprint density at radius 1 is 1.36 bits per heavy atom. The fourth-order valence-corrected chi connectivity index (χ4v) is 3.50. The van der Waals surface area contributed by atoms with Crippen molar-refractivity contribution in [3.05, 3.63) is 23.8 Å². The van der Waals surface area contributed by atoms with Crippen LogP contribution in [0.15, 0.2) is 18.2 Å². The van der Waals surface area contributed by atoms with E-state index in [2.05, 4.69) is 37.1 Å². The molecule has 5 nitrogen and oxygen atoms in total. The molecule has 1 aliphatic heterocycles. The van der Waals surface area contributed by atoms with Gasteiger partial charge in [-0.1, -0.05) is 20.8 Å². The highest BCUT2D eigenvalue weighted by Crippen LogP contribution is 2.27. The zero-order valence-electron chi connectivity index (χ0n) is 15.5. The third-order valence-electron chi connectivity index (χ3n) is 4.61. The van der Waals surface area contributed by atoms with Gasteiger partial charge in [0.05, 0.1) is 17.4 Å². The summed E-state index contributed by atoms with van der Waals surface area (Å²) in [4.78, 5) is 14.3. The maximum Gasteiger partial charge on any atom is 0.224 e. The number of carbonyl (C=O) groups is 1. The summed E-state index contributed by atoms with van der Waals surface area (Å²) in [5.41, 5.74) is 2.10. The van der Waals surface area contributed by atoms with Gasteiger partial charge in [-0.2, -0.15) is 5.26 Å². The van der Waals surface area contributed by atoms with Gasteiger partial charge in [-0.3, -0.25) is 4.79 Å². The van der Waals surface area contributed by atoms with Gasteiger partial charge in [-0.05, 0) is 49.3 Å². The van der Waals surface area contributed by atoms with Crippen molar-refractivity contribution >= 4 is 17.3 Å². The van der Waals surface area contributed by atoms with Gasteiger partial charge in [0.15, 0.2) is 0 Å². The van der Waals surface area contributed by atoms with Crippen LogP contribution in [-0.4, -0.2) is 30.2 Å². The smallest absolute Gasteiger partial charge is 0.224 e. The van der Waals surface area contributed by atoms with Gasteiger partial charge in [-0.25, -0.2) is 0 Å². The molecule has 0 saturated carbocycles. The molecule has 1 amide bonds. The molecule has 1 aromatic rings. The Bertz CT molecular complexity index is 628. The first kappa shape index (κ1) is 19.3. The molecule has 2 N–H and O–H groups in total. The number of nitrogens with zero attached hydrogens (tertiary/aromatic N) is 2. The fourth-order valence-electron chi connectivity index (χ4n) is 3.50. The van der Waals surface area contributed by atoms with E-state index in [1.807, 2.05) is 12.1 Å². The number of amides is 1. The van der Waals surface area contributed by atoms with Gasteiger partial charge >= 0.3 is 0 Å². The molecule has 1 saturated heterocycles. The van der Waals surface area contributed by atoms with E-state index >= 15 is 0 Å². The van der Waals surface area contributed by atoms with E-state index in [0.717, 1.165) is 38.0 Å². The average Bonchev–Trinajstić information content (AvgIpc) is 2.54. The molecule has 1 atom stereocenters. The SMILES string of the molecule is CC(C)CC(C)CC(=O)Nc1ccc(N2CCC(O)CC2)c(C#N)c1. The van der Waals surface area contributed by atoms with Crippen LogP contribution in [0, 0.1) is 23.2 Å². The largest absolute Gasteiger partial charge is 0.393 e. The van der Waals surface area contributed by atoms with Crippen LogP contribution in [0.4, 0.5) is 11.4 Å². The molecule has 1 aliphatic rings. The Morgan fingerprint density at radius 2 is 2.04 bits per heavy atom. The molecule has 0 bridgehead atoms. The van der Waals surface area contributed by atoms with Gasteiger partial charge in [0, 0.05) is 25.2 Å². The number of piperidine rings is 1. The standard InChI is InChI=1S/C20H29N3O2/c1-14(2)10-15(3)11-20(25)22-17-4-5-19(16(12-17)13-21)23-8-6-18(24)7-9-23/h4-5,12,14-15,18,24H,6-11H2,1-3H3,(H,22,25). The second-order valence-corrected chi connectivity index (χ2v) is 7.55.